The summed E-state index contributed by atoms with van der Waals surface area (Å²) in [7, 11) is 0. The smallest absolute Gasteiger partial charge is 0.230 e. The topological polar surface area (TPSA) is 58.6 Å². The summed E-state index contributed by atoms with van der Waals surface area (Å²) in [5, 5.41) is 12.4. The predicted octanol–water partition coefficient (Wildman–Crippen LogP) is 2.74. The minimum atomic E-state index is -0.496. The third kappa shape index (κ3) is 3.02. The Morgan fingerprint density at radius 2 is 1.80 bits per heavy atom. The molecule has 1 saturated heterocycles. The zero-order chi connectivity index (χ0) is 14.9. The summed E-state index contributed by atoms with van der Waals surface area (Å²) < 4.78 is 5.70. The fourth-order valence-electron chi connectivity index (χ4n) is 2.79. The Morgan fingerprint density at radius 1 is 1.20 bits per heavy atom. The molecule has 5 atom stereocenters. The van der Waals surface area contributed by atoms with Crippen LogP contribution >= 0.6 is 0 Å². The Bertz CT molecular complexity index is 469. The molecule has 1 heterocycles. The number of hydrogen-bond donors (Lipinski definition) is 2. The number of aliphatic hydroxyl groups excluding tert-OH is 1. The molecule has 1 aliphatic rings. The second-order valence-electron chi connectivity index (χ2n) is 5.72. The number of carbonyl (C=O) groups excluding carboxylic acids is 1. The maximum absolute atomic E-state index is 12.4. The molecule has 0 saturated carbocycles. The average Bonchev–Trinajstić information content (AvgIpc) is 2.63. The van der Waals surface area contributed by atoms with Gasteiger partial charge < -0.3 is 15.2 Å². The van der Waals surface area contributed by atoms with E-state index in [0.29, 0.717) is 0 Å². The summed E-state index contributed by atoms with van der Waals surface area (Å²) in [5.74, 6) is 0.0855. The largest absolute Gasteiger partial charge is 0.389 e. The van der Waals surface area contributed by atoms with Crippen molar-refractivity contribution in [2.24, 2.45) is 11.8 Å². The first kappa shape index (κ1) is 15.0. The first-order valence-corrected chi connectivity index (χ1v) is 7.14. The minimum absolute atomic E-state index is 0.000790. The van der Waals surface area contributed by atoms with Crippen LogP contribution in [0.2, 0.25) is 0 Å². The Morgan fingerprint density at radius 3 is 2.25 bits per heavy atom. The summed E-state index contributed by atoms with van der Waals surface area (Å²) in [4.78, 5) is 12.4. The molecule has 1 amide bonds. The third-order valence-electron chi connectivity index (χ3n) is 4.21. The van der Waals surface area contributed by atoms with Gasteiger partial charge in [-0.25, -0.2) is 0 Å². The normalized spacial score (nSPS) is 31.1. The highest BCUT2D eigenvalue weighted by molar-refractivity contribution is 5.93. The highest BCUT2D eigenvalue weighted by atomic mass is 16.5. The Balaban J connectivity index is 2.04. The van der Waals surface area contributed by atoms with Gasteiger partial charge in [-0.1, -0.05) is 19.1 Å². The standard InChI is InChI=1S/C16H23NO3/c1-9-11(3)20-12(4)15(9)16(19)17-14-7-5-13(6-8-14)10(2)18/h5-12,15,18H,1-4H3,(H,17,19). The van der Waals surface area contributed by atoms with Crippen LogP contribution in [0.15, 0.2) is 24.3 Å². The number of carbonyl (C=O) groups is 1. The summed E-state index contributed by atoms with van der Waals surface area (Å²) in [6.45, 7) is 7.72. The van der Waals surface area contributed by atoms with E-state index < -0.39 is 6.10 Å². The molecule has 0 spiro atoms. The summed E-state index contributed by atoms with van der Waals surface area (Å²) >= 11 is 0. The minimum Gasteiger partial charge on any atom is -0.389 e. The lowest BCUT2D eigenvalue weighted by Gasteiger charge is -2.18. The molecule has 1 fully saturated rings. The monoisotopic (exact) mass is 277 g/mol. The van der Waals surface area contributed by atoms with Crippen LogP contribution in [0.25, 0.3) is 0 Å². The van der Waals surface area contributed by atoms with Crippen molar-refractivity contribution in [2.75, 3.05) is 5.32 Å². The van der Waals surface area contributed by atoms with Crippen molar-refractivity contribution in [1.82, 2.24) is 0 Å². The van der Waals surface area contributed by atoms with Crippen molar-refractivity contribution in [2.45, 2.75) is 46.0 Å². The van der Waals surface area contributed by atoms with E-state index in [2.05, 4.69) is 12.2 Å². The fraction of sp³-hybridized carbons (Fsp3) is 0.562. The number of anilines is 1. The maximum Gasteiger partial charge on any atom is 0.230 e. The van der Waals surface area contributed by atoms with E-state index in [1.54, 1.807) is 6.92 Å². The lowest BCUT2D eigenvalue weighted by atomic mass is 9.89. The molecular formula is C16H23NO3. The van der Waals surface area contributed by atoms with Gasteiger partial charge in [-0.15, -0.1) is 0 Å². The molecule has 0 bridgehead atoms. The lowest BCUT2D eigenvalue weighted by molar-refractivity contribution is -0.121. The molecule has 2 rings (SSSR count). The highest BCUT2D eigenvalue weighted by Crippen LogP contribution is 2.33. The summed E-state index contributed by atoms with van der Waals surface area (Å²) in [5.41, 5.74) is 1.58. The molecule has 1 aromatic carbocycles. The molecule has 0 radical (unpaired) electrons. The van der Waals surface area contributed by atoms with E-state index >= 15 is 0 Å². The number of aliphatic hydroxyl groups is 1. The predicted molar refractivity (Wildman–Crippen MR) is 78.4 cm³/mol. The van der Waals surface area contributed by atoms with Crippen LogP contribution in [0.5, 0.6) is 0 Å². The molecule has 4 heteroatoms. The van der Waals surface area contributed by atoms with Crippen LogP contribution in [0.3, 0.4) is 0 Å². The van der Waals surface area contributed by atoms with E-state index in [0.717, 1.165) is 11.3 Å². The molecule has 110 valence electrons. The van der Waals surface area contributed by atoms with Crippen molar-refractivity contribution >= 4 is 11.6 Å². The van der Waals surface area contributed by atoms with Crippen molar-refractivity contribution in [3.63, 3.8) is 0 Å². The lowest BCUT2D eigenvalue weighted by Crippen LogP contribution is -2.31. The van der Waals surface area contributed by atoms with Crippen LogP contribution in [-0.2, 0) is 9.53 Å². The van der Waals surface area contributed by atoms with Crippen molar-refractivity contribution in [1.29, 1.82) is 0 Å². The number of hydrogen-bond acceptors (Lipinski definition) is 3. The average molecular weight is 277 g/mol. The molecule has 0 aliphatic carbocycles. The van der Waals surface area contributed by atoms with Gasteiger partial charge in [0, 0.05) is 5.69 Å². The van der Waals surface area contributed by atoms with E-state index in [1.165, 1.54) is 0 Å². The van der Waals surface area contributed by atoms with Gasteiger partial charge in [0.25, 0.3) is 0 Å². The van der Waals surface area contributed by atoms with Gasteiger partial charge in [-0.05, 0) is 44.4 Å². The molecule has 20 heavy (non-hydrogen) atoms. The number of ether oxygens (including phenoxy) is 1. The van der Waals surface area contributed by atoms with Crippen molar-refractivity contribution in [3.8, 4) is 0 Å². The SMILES string of the molecule is CC(O)c1ccc(NC(=O)C2C(C)OC(C)C2C)cc1. The van der Waals surface area contributed by atoms with Crippen LogP contribution in [0, 0.1) is 11.8 Å². The molecule has 2 N–H and O–H groups in total. The van der Waals surface area contributed by atoms with Gasteiger partial charge in [0.1, 0.15) is 0 Å². The van der Waals surface area contributed by atoms with Gasteiger partial charge in [-0.2, -0.15) is 0 Å². The first-order valence-electron chi connectivity index (χ1n) is 7.14. The molecular weight excluding hydrogens is 254 g/mol. The van der Waals surface area contributed by atoms with E-state index in [-0.39, 0.29) is 30.0 Å². The van der Waals surface area contributed by atoms with Gasteiger partial charge in [0.15, 0.2) is 0 Å². The summed E-state index contributed by atoms with van der Waals surface area (Å²) in [6, 6.07) is 7.27. The van der Waals surface area contributed by atoms with Crippen LogP contribution in [0.4, 0.5) is 5.69 Å². The van der Waals surface area contributed by atoms with Crippen LogP contribution < -0.4 is 5.32 Å². The highest BCUT2D eigenvalue weighted by Gasteiger charge is 2.41. The molecule has 4 nitrogen and oxygen atoms in total. The van der Waals surface area contributed by atoms with Gasteiger partial charge in [0.05, 0.1) is 24.2 Å². The quantitative estimate of drug-likeness (QED) is 0.893. The molecule has 1 aliphatic heterocycles. The van der Waals surface area contributed by atoms with Gasteiger partial charge in [-0.3, -0.25) is 4.79 Å². The van der Waals surface area contributed by atoms with Gasteiger partial charge >= 0.3 is 0 Å². The second-order valence-corrected chi connectivity index (χ2v) is 5.72. The first-order chi connectivity index (χ1) is 9.40. The fourth-order valence-corrected chi connectivity index (χ4v) is 2.79. The molecule has 1 aromatic rings. The van der Waals surface area contributed by atoms with Crippen molar-refractivity contribution in [3.05, 3.63) is 29.8 Å². The van der Waals surface area contributed by atoms with Gasteiger partial charge in [0.2, 0.25) is 5.91 Å². The second kappa shape index (κ2) is 5.94. The van der Waals surface area contributed by atoms with E-state index in [4.69, 9.17) is 4.74 Å². The molecule has 0 aromatic heterocycles. The maximum atomic E-state index is 12.4. The van der Waals surface area contributed by atoms with E-state index in [1.807, 2.05) is 38.1 Å². The number of benzene rings is 1. The zero-order valence-corrected chi connectivity index (χ0v) is 12.5. The Kier molecular flexibility index (Phi) is 4.45. The molecule has 5 unspecified atom stereocenters. The number of rotatable bonds is 3. The number of amides is 1. The van der Waals surface area contributed by atoms with Crippen molar-refractivity contribution < 1.29 is 14.6 Å². The number of nitrogens with one attached hydrogen (secondary N) is 1. The summed E-state index contributed by atoms with van der Waals surface area (Å²) in [6.07, 6.45) is -0.445. The van der Waals surface area contributed by atoms with Crippen LogP contribution in [0.1, 0.15) is 39.4 Å². The Labute approximate surface area is 120 Å². The zero-order valence-electron chi connectivity index (χ0n) is 12.5. The van der Waals surface area contributed by atoms with Crippen LogP contribution in [-0.4, -0.2) is 23.2 Å². The third-order valence-corrected chi connectivity index (χ3v) is 4.21. The van der Waals surface area contributed by atoms with E-state index in [9.17, 15) is 9.90 Å². The Hall–Kier alpha value is -1.39.